The molecule has 0 saturated heterocycles. The Morgan fingerprint density at radius 3 is 2.06 bits per heavy atom. The lowest BCUT2D eigenvalue weighted by molar-refractivity contribution is 0.177. The quantitative estimate of drug-likeness (QED) is 0.237. The van der Waals surface area contributed by atoms with Gasteiger partial charge in [0.2, 0.25) is 0 Å². The summed E-state index contributed by atoms with van der Waals surface area (Å²) < 4.78 is 20.9. The first-order valence-electron chi connectivity index (χ1n) is 14.2. The molecule has 0 aromatic heterocycles. The maximum Gasteiger partial charge on any atom is 0.134 e. The van der Waals surface area contributed by atoms with E-state index in [1.54, 1.807) is 6.07 Å². The zero-order chi connectivity index (χ0) is 24.0. The summed E-state index contributed by atoms with van der Waals surface area (Å²) >= 11 is 0. The van der Waals surface area contributed by atoms with Crippen LogP contribution in [0.15, 0.2) is 42.5 Å². The molecule has 0 unspecified atom stereocenters. The molecule has 0 N–H and O–H groups in total. The third-order valence-electron chi connectivity index (χ3n) is 7.69. The minimum atomic E-state index is -0.194. The van der Waals surface area contributed by atoms with Crippen molar-refractivity contribution in [3.63, 3.8) is 0 Å². The molecular formula is C32H47FO. The summed E-state index contributed by atoms with van der Waals surface area (Å²) in [5.74, 6) is 1.99. The summed E-state index contributed by atoms with van der Waals surface area (Å²) in [4.78, 5) is 0. The number of hydrogen-bond donors (Lipinski definition) is 0. The van der Waals surface area contributed by atoms with Gasteiger partial charge in [-0.25, -0.2) is 4.39 Å². The smallest absolute Gasteiger partial charge is 0.134 e. The molecule has 0 bridgehead atoms. The molecule has 1 aliphatic rings. The number of aryl methyl sites for hydroxylation is 1. The van der Waals surface area contributed by atoms with Crippen molar-refractivity contribution < 1.29 is 9.13 Å². The highest BCUT2D eigenvalue weighted by Gasteiger charge is 2.21. The molecule has 2 heteroatoms. The summed E-state index contributed by atoms with van der Waals surface area (Å²) in [7, 11) is 0. The molecular weight excluding hydrogens is 419 g/mol. The number of unbranched alkanes of at least 4 members (excludes halogenated alkanes) is 7. The van der Waals surface area contributed by atoms with E-state index >= 15 is 0 Å². The van der Waals surface area contributed by atoms with Crippen LogP contribution in [0.2, 0.25) is 0 Å². The summed E-state index contributed by atoms with van der Waals surface area (Å²) in [6, 6.07) is 13.8. The van der Waals surface area contributed by atoms with E-state index in [2.05, 4.69) is 38.1 Å². The van der Waals surface area contributed by atoms with Gasteiger partial charge in [-0.15, -0.1) is 0 Å². The summed E-state index contributed by atoms with van der Waals surface area (Å²) in [6.45, 7) is 5.24. The molecule has 1 nitrogen and oxygen atoms in total. The molecule has 1 fully saturated rings. The van der Waals surface area contributed by atoms with E-state index in [-0.39, 0.29) is 5.82 Å². The van der Waals surface area contributed by atoms with Crippen LogP contribution in [0.4, 0.5) is 4.39 Å². The van der Waals surface area contributed by atoms with Crippen LogP contribution in [0.5, 0.6) is 5.75 Å². The van der Waals surface area contributed by atoms with Crippen LogP contribution in [0.1, 0.15) is 109 Å². The Kier molecular flexibility index (Phi) is 12.0. The van der Waals surface area contributed by atoms with Gasteiger partial charge in [-0.3, -0.25) is 0 Å². The van der Waals surface area contributed by atoms with Crippen LogP contribution in [-0.2, 0) is 6.42 Å². The first-order valence-corrected chi connectivity index (χ1v) is 14.2. The number of ether oxygens (including phenoxy) is 1. The van der Waals surface area contributed by atoms with Gasteiger partial charge < -0.3 is 4.74 Å². The van der Waals surface area contributed by atoms with Gasteiger partial charge in [0.15, 0.2) is 0 Å². The van der Waals surface area contributed by atoms with Gasteiger partial charge in [-0.1, -0.05) is 109 Å². The van der Waals surface area contributed by atoms with Crippen LogP contribution in [0.25, 0.3) is 11.1 Å². The van der Waals surface area contributed by atoms with Crippen molar-refractivity contribution in [1.82, 2.24) is 0 Å². The molecule has 0 aliphatic heterocycles. The van der Waals surface area contributed by atoms with Crippen LogP contribution in [0, 0.1) is 17.7 Å². The molecule has 3 rings (SSSR count). The fourth-order valence-corrected chi connectivity index (χ4v) is 5.36. The average molecular weight is 467 g/mol. The zero-order valence-corrected chi connectivity index (χ0v) is 21.8. The van der Waals surface area contributed by atoms with Crippen molar-refractivity contribution >= 4 is 0 Å². The lowest BCUT2D eigenvalue weighted by Crippen LogP contribution is -2.20. The Morgan fingerprint density at radius 2 is 1.38 bits per heavy atom. The molecule has 0 radical (unpaired) electrons. The fraction of sp³-hybridized carbons (Fsp3) is 0.625. The topological polar surface area (TPSA) is 9.23 Å². The summed E-state index contributed by atoms with van der Waals surface area (Å²) in [5.41, 5.74) is 2.94. The standard InChI is InChI=1S/C32H47FO/c1-3-5-7-9-11-13-27-18-20-29(21-19-27)31-23-22-30(24-32(31)33)34-25-28-16-14-26(15-17-28)12-10-8-6-4-2/h18-24,26,28H,3-17,25H2,1-2H3. The van der Waals surface area contributed by atoms with Crippen molar-refractivity contribution in [3.8, 4) is 16.9 Å². The number of hydrogen-bond acceptors (Lipinski definition) is 1. The monoisotopic (exact) mass is 466 g/mol. The predicted molar refractivity (Wildman–Crippen MR) is 144 cm³/mol. The van der Waals surface area contributed by atoms with Crippen molar-refractivity contribution in [1.29, 1.82) is 0 Å². The van der Waals surface area contributed by atoms with E-state index in [4.69, 9.17) is 4.74 Å². The largest absolute Gasteiger partial charge is 0.493 e. The average Bonchev–Trinajstić information content (AvgIpc) is 2.86. The molecule has 0 atom stereocenters. The molecule has 0 heterocycles. The number of benzene rings is 2. The van der Waals surface area contributed by atoms with Gasteiger partial charge in [0.25, 0.3) is 0 Å². The first kappa shape index (κ1) is 26.8. The van der Waals surface area contributed by atoms with E-state index in [0.717, 1.165) is 17.9 Å². The summed E-state index contributed by atoms with van der Waals surface area (Å²) in [6.07, 6.45) is 19.7. The third kappa shape index (κ3) is 9.08. The van der Waals surface area contributed by atoms with E-state index in [1.807, 2.05) is 12.1 Å². The second kappa shape index (κ2) is 15.2. The molecule has 2 aromatic carbocycles. The van der Waals surface area contributed by atoms with Gasteiger partial charge in [0, 0.05) is 11.6 Å². The lowest BCUT2D eigenvalue weighted by atomic mass is 9.80. The lowest BCUT2D eigenvalue weighted by Gasteiger charge is -2.28. The Labute approximate surface area is 208 Å². The first-order chi connectivity index (χ1) is 16.7. The van der Waals surface area contributed by atoms with Gasteiger partial charge in [0.05, 0.1) is 6.61 Å². The minimum absolute atomic E-state index is 0.194. The van der Waals surface area contributed by atoms with Crippen molar-refractivity contribution in [2.75, 3.05) is 6.61 Å². The molecule has 0 spiro atoms. The van der Waals surface area contributed by atoms with Gasteiger partial charge >= 0.3 is 0 Å². The Balaban J connectivity index is 1.41. The maximum absolute atomic E-state index is 14.9. The van der Waals surface area contributed by atoms with Crippen molar-refractivity contribution in [2.24, 2.45) is 11.8 Å². The molecule has 1 saturated carbocycles. The van der Waals surface area contributed by atoms with E-state index in [9.17, 15) is 4.39 Å². The van der Waals surface area contributed by atoms with Gasteiger partial charge in [-0.05, 0) is 60.8 Å². The third-order valence-corrected chi connectivity index (χ3v) is 7.69. The predicted octanol–water partition coefficient (Wildman–Crippen LogP) is 10.2. The second-order valence-corrected chi connectivity index (χ2v) is 10.5. The van der Waals surface area contributed by atoms with E-state index in [1.165, 1.54) is 95.5 Å². The van der Waals surface area contributed by atoms with Gasteiger partial charge in [0.1, 0.15) is 11.6 Å². The molecule has 34 heavy (non-hydrogen) atoms. The number of rotatable bonds is 15. The van der Waals surface area contributed by atoms with E-state index < -0.39 is 0 Å². The fourth-order valence-electron chi connectivity index (χ4n) is 5.36. The second-order valence-electron chi connectivity index (χ2n) is 10.5. The Bertz CT molecular complexity index is 804. The zero-order valence-electron chi connectivity index (χ0n) is 21.8. The minimum Gasteiger partial charge on any atom is -0.493 e. The van der Waals surface area contributed by atoms with Crippen LogP contribution in [0.3, 0.4) is 0 Å². The van der Waals surface area contributed by atoms with Gasteiger partial charge in [-0.2, -0.15) is 0 Å². The van der Waals surface area contributed by atoms with E-state index in [0.29, 0.717) is 23.8 Å². The molecule has 188 valence electrons. The molecule has 1 aliphatic carbocycles. The SMILES string of the molecule is CCCCCCCc1ccc(-c2ccc(OCC3CCC(CCCCCC)CC3)cc2F)cc1. The van der Waals surface area contributed by atoms with Crippen molar-refractivity contribution in [3.05, 3.63) is 53.8 Å². The highest BCUT2D eigenvalue weighted by atomic mass is 19.1. The summed E-state index contributed by atoms with van der Waals surface area (Å²) in [5, 5.41) is 0. The Morgan fingerprint density at radius 1 is 0.735 bits per heavy atom. The van der Waals surface area contributed by atoms with Crippen LogP contribution in [-0.4, -0.2) is 6.61 Å². The Hall–Kier alpha value is -1.83. The maximum atomic E-state index is 14.9. The normalized spacial score (nSPS) is 18.2. The molecule has 0 amide bonds. The highest BCUT2D eigenvalue weighted by molar-refractivity contribution is 5.65. The van der Waals surface area contributed by atoms with Crippen molar-refractivity contribution in [2.45, 2.75) is 110 Å². The van der Waals surface area contributed by atoms with Crippen LogP contribution < -0.4 is 4.74 Å². The van der Waals surface area contributed by atoms with Crippen LogP contribution >= 0.6 is 0 Å². The highest BCUT2D eigenvalue weighted by Crippen LogP contribution is 2.33. The number of halogens is 1. The molecule has 2 aromatic rings.